The molecule has 0 spiro atoms. The normalized spacial score (nSPS) is 17.1. The molecule has 148 valence electrons. The molecule has 0 radical (unpaired) electrons. The first kappa shape index (κ1) is 20.9. The van der Waals surface area contributed by atoms with Crippen LogP contribution in [0.15, 0.2) is 18.2 Å². The number of hydrogen-bond acceptors (Lipinski definition) is 5. The number of aryl methyl sites for hydroxylation is 2. The number of sulfone groups is 1. The summed E-state index contributed by atoms with van der Waals surface area (Å²) in [5, 5.41) is 5.25. The first-order valence-corrected chi connectivity index (χ1v) is 10.9. The maximum Gasteiger partial charge on any atom is 0.325 e. The standard InChI is InChI=1S/C18H25N3O5S/c1-4-12-7-6-8-13(5-2)16(12)20-15(22)11-21-17(23)14(19-18(21)24)9-10-27(3,25)26/h6-8,14H,4-5,9-11H2,1-3H3,(H,19,24)(H,20,22)/t14-/m1/s1. The minimum absolute atomic E-state index is 0.0137. The molecule has 1 aromatic carbocycles. The highest BCUT2D eigenvalue weighted by atomic mass is 32.2. The van der Waals surface area contributed by atoms with E-state index < -0.39 is 40.3 Å². The minimum Gasteiger partial charge on any atom is -0.326 e. The molecule has 1 aliphatic rings. The quantitative estimate of drug-likeness (QED) is 0.640. The number of imide groups is 1. The highest BCUT2D eigenvalue weighted by molar-refractivity contribution is 7.90. The van der Waals surface area contributed by atoms with Crippen molar-refractivity contribution in [2.45, 2.75) is 39.2 Å². The Morgan fingerprint density at radius 2 is 1.78 bits per heavy atom. The van der Waals surface area contributed by atoms with E-state index in [-0.39, 0.29) is 12.2 Å². The number of anilines is 1. The number of benzene rings is 1. The lowest BCUT2D eigenvalue weighted by Crippen LogP contribution is -2.38. The van der Waals surface area contributed by atoms with Gasteiger partial charge in [-0.05, 0) is 30.4 Å². The fourth-order valence-corrected chi connectivity index (χ4v) is 3.64. The van der Waals surface area contributed by atoms with Gasteiger partial charge in [0.25, 0.3) is 5.91 Å². The van der Waals surface area contributed by atoms with Crippen molar-refractivity contribution in [2.24, 2.45) is 0 Å². The molecule has 1 heterocycles. The first-order chi connectivity index (χ1) is 12.7. The van der Waals surface area contributed by atoms with Gasteiger partial charge in [-0.3, -0.25) is 14.5 Å². The molecule has 1 saturated heterocycles. The average molecular weight is 395 g/mol. The molecule has 0 saturated carbocycles. The van der Waals surface area contributed by atoms with E-state index in [9.17, 15) is 22.8 Å². The van der Waals surface area contributed by atoms with Gasteiger partial charge in [0.2, 0.25) is 5.91 Å². The van der Waals surface area contributed by atoms with E-state index in [1.807, 2.05) is 32.0 Å². The van der Waals surface area contributed by atoms with Crippen molar-refractivity contribution in [1.29, 1.82) is 0 Å². The lowest BCUT2D eigenvalue weighted by atomic mass is 10.0. The van der Waals surface area contributed by atoms with Crippen LogP contribution in [0.5, 0.6) is 0 Å². The number of carbonyl (C=O) groups excluding carboxylic acids is 3. The van der Waals surface area contributed by atoms with Gasteiger partial charge in [-0.1, -0.05) is 32.0 Å². The zero-order chi connectivity index (χ0) is 20.2. The molecule has 0 unspecified atom stereocenters. The molecule has 1 aromatic rings. The third kappa shape index (κ3) is 5.29. The summed E-state index contributed by atoms with van der Waals surface area (Å²) in [5.41, 5.74) is 2.67. The van der Waals surface area contributed by atoms with Gasteiger partial charge in [-0.25, -0.2) is 13.2 Å². The lowest BCUT2D eigenvalue weighted by molar-refractivity contribution is -0.130. The molecular formula is C18H25N3O5S. The van der Waals surface area contributed by atoms with Crippen LogP contribution in [0, 0.1) is 0 Å². The van der Waals surface area contributed by atoms with Crippen molar-refractivity contribution in [3.8, 4) is 0 Å². The second-order valence-electron chi connectivity index (χ2n) is 6.55. The largest absolute Gasteiger partial charge is 0.326 e. The molecule has 9 heteroatoms. The van der Waals surface area contributed by atoms with Crippen LogP contribution in [0.3, 0.4) is 0 Å². The van der Waals surface area contributed by atoms with Gasteiger partial charge in [-0.2, -0.15) is 0 Å². The van der Waals surface area contributed by atoms with E-state index >= 15 is 0 Å². The molecule has 8 nitrogen and oxygen atoms in total. The van der Waals surface area contributed by atoms with E-state index in [1.54, 1.807) is 0 Å². The van der Waals surface area contributed by atoms with Crippen molar-refractivity contribution >= 4 is 33.4 Å². The second kappa shape index (κ2) is 8.51. The predicted octanol–water partition coefficient (Wildman–Crippen LogP) is 1.10. The van der Waals surface area contributed by atoms with Crippen LogP contribution in [0.1, 0.15) is 31.4 Å². The lowest BCUT2D eigenvalue weighted by Gasteiger charge is -2.17. The van der Waals surface area contributed by atoms with Gasteiger partial charge < -0.3 is 10.6 Å². The van der Waals surface area contributed by atoms with Gasteiger partial charge in [0, 0.05) is 11.9 Å². The van der Waals surface area contributed by atoms with Crippen LogP contribution in [-0.4, -0.2) is 55.8 Å². The van der Waals surface area contributed by atoms with Gasteiger partial charge in [0.05, 0.1) is 5.75 Å². The molecule has 0 bridgehead atoms. The van der Waals surface area contributed by atoms with Crippen molar-refractivity contribution in [1.82, 2.24) is 10.2 Å². The Bertz CT molecular complexity index is 828. The molecule has 0 aliphatic carbocycles. The number of nitrogens with zero attached hydrogens (tertiary/aromatic N) is 1. The summed E-state index contributed by atoms with van der Waals surface area (Å²) in [6.45, 7) is 3.55. The molecule has 27 heavy (non-hydrogen) atoms. The average Bonchev–Trinajstić information content (AvgIpc) is 2.87. The van der Waals surface area contributed by atoms with Gasteiger partial charge >= 0.3 is 6.03 Å². The topological polar surface area (TPSA) is 113 Å². The summed E-state index contributed by atoms with van der Waals surface area (Å²) in [5.74, 6) is -1.27. The third-order valence-electron chi connectivity index (χ3n) is 4.45. The van der Waals surface area contributed by atoms with Crippen LogP contribution in [0.2, 0.25) is 0 Å². The Balaban J connectivity index is 2.06. The smallest absolute Gasteiger partial charge is 0.325 e. The van der Waals surface area contributed by atoms with E-state index in [0.29, 0.717) is 5.69 Å². The zero-order valence-electron chi connectivity index (χ0n) is 15.7. The Labute approximate surface area is 159 Å². The number of nitrogens with one attached hydrogen (secondary N) is 2. The fourth-order valence-electron chi connectivity index (χ4n) is 2.98. The number of amides is 4. The van der Waals surface area contributed by atoms with E-state index in [2.05, 4.69) is 10.6 Å². The van der Waals surface area contributed by atoms with Crippen LogP contribution >= 0.6 is 0 Å². The third-order valence-corrected chi connectivity index (χ3v) is 5.43. The predicted molar refractivity (Wildman–Crippen MR) is 102 cm³/mol. The fraction of sp³-hybridized carbons (Fsp3) is 0.500. The molecule has 1 fully saturated rings. The molecule has 2 rings (SSSR count). The molecule has 2 N–H and O–H groups in total. The number of hydrogen-bond donors (Lipinski definition) is 2. The highest BCUT2D eigenvalue weighted by Crippen LogP contribution is 2.22. The molecule has 1 aliphatic heterocycles. The van der Waals surface area contributed by atoms with Crippen molar-refractivity contribution in [3.63, 3.8) is 0 Å². The Hall–Kier alpha value is -2.42. The number of urea groups is 1. The van der Waals surface area contributed by atoms with E-state index in [0.717, 1.165) is 35.1 Å². The van der Waals surface area contributed by atoms with Gasteiger partial charge in [0.1, 0.15) is 22.4 Å². The van der Waals surface area contributed by atoms with Crippen molar-refractivity contribution in [3.05, 3.63) is 29.3 Å². The number of carbonyl (C=O) groups is 3. The minimum atomic E-state index is -3.25. The Kier molecular flexibility index (Phi) is 6.59. The summed E-state index contributed by atoms with van der Waals surface area (Å²) in [6, 6.07) is 4.16. The second-order valence-corrected chi connectivity index (χ2v) is 8.81. The van der Waals surface area contributed by atoms with Crippen LogP contribution in [0.4, 0.5) is 10.5 Å². The van der Waals surface area contributed by atoms with Crippen LogP contribution in [0.25, 0.3) is 0 Å². The highest BCUT2D eigenvalue weighted by Gasteiger charge is 2.39. The first-order valence-electron chi connectivity index (χ1n) is 8.86. The SMILES string of the molecule is CCc1cccc(CC)c1NC(=O)CN1C(=O)N[C@H](CCS(C)(=O)=O)C1=O. The monoisotopic (exact) mass is 395 g/mol. The van der Waals surface area contributed by atoms with Gasteiger partial charge in [-0.15, -0.1) is 0 Å². The van der Waals surface area contributed by atoms with Crippen molar-refractivity contribution < 1.29 is 22.8 Å². The van der Waals surface area contributed by atoms with Crippen LogP contribution < -0.4 is 10.6 Å². The number of para-hydroxylation sites is 1. The zero-order valence-corrected chi connectivity index (χ0v) is 16.6. The summed E-state index contributed by atoms with van der Waals surface area (Å²) >= 11 is 0. The van der Waals surface area contributed by atoms with Crippen LogP contribution in [-0.2, 0) is 32.3 Å². The van der Waals surface area contributed by atoms with Crippen molar-refractivity contribution in [2.75, 3.05) is 23.9 Å². The summed E-state index contributed by atoms with van der Waals surface area (Å²) in [7, 11) is -3.25. The van der Waals surface area contributed by atoms with E-state index in [4.69, 9.17) is 0 Å². The molecule has 4 amide bonds. The summed E-state index contributed by atoms with van der Waals surface area (Å²) in [4.78, 5) is 37.6. The molecule has 0 aromatic heterocycles. The Morgan fingerprint density at radius 1 is 1.19 bits per heavy atom. The number of rotatable bonds is 8. The Morgan fingerprint density at radius 3 is 2.30 bits per heavy atom. The molecule has 1 atom stereocenters. The molecular weight excluding hydrogens is 370 g/mol. The summed E-state index contributed by atoms with van der Waals surface area (Å²) < 4.78 is 22.5. The van der Waals surface area contributed by atoms with E-state index in [1.165, 1.54) is 0 Å². The maximum absolute atomic E-state index is 12.4. The maximum atomic E-state index is 12.4. The summed E-state index contributed by atoms with van der Waals surface area (Å²) in [6.07, 6.45) is 2.52. The van der Waals surface area contributed by atoms with Gasteiger partial charge in [0.15, 0.2) is 0 Å².